The molecule has 442 valence electrons. The number of thiazole rings is 2. The summed E-state index contributed by atoms with van der Waals surface area (Å²) in [5.41, 5.74) is 8.54. The van der Waals surface area contributed by atoms with E-state index in [9.17, 15) is 38.7 Å². The van der Waals surface area contributed by atoms with Gasteiger partial charge in [0.25, 0.3) is 11.8 Å². The minimum atomic E-state index is -1.42. The number of nitrogens with two attached hydrogens (primary N) is 1. The molecule has 0 aliphatic carbocycles. The van der Waals surface area contributed by atoms with Crippen LogP contribution in [0.4, 0.5) is 36.8 Å². The van der Waals surface area contributed by atoms with E-state index in [2.05, 4.69) is 58.6 Å². The zero-order valence-corrected chi connectivity index (χ0v) is 48.9. The van der Waals surface area contributed by atoms with Gasteiger partial charge >= 0.3 is 6.03 Å². The molecule has 6 aromatic rings. The monoisotopic (exact) mass is 1190 g/mol. The van der Waals surface area contributed by atoms with Gasteiger partial charge in [0.05, 0.1) is 56.6 Å². The molecular formula is C58H66FN13O10S2. The maximum atomic E-state index is 15.3. The molecule has 0 bridgehead atoms. The van der Waals surface area contributed by atoms with Crippen LogP contribution in [-0.4, -0.2) is 144 Å². The fourth-order valence-corrected chi connectivity index (χ4v) is 10.5. The molecule has 0 unspecified atom stereocenters. The third-order valence-corrected chi connectivity index (χ3v) is 15.2. The zero-order chi connectivity index (χ0) is 60.5. The predicted octanol–water partition coefficient (Wildman–Crippen LogP) is 4.85. The summed E-state index contributed by atoms with van der Waals surface area (Å²) in [4.78, 5) is 99.2. The molecule has 7 amide bonds. The molecule has 26 heteroatoms. The molecule has 0 spiro atoms. The van der Waals surface area contributed by atoms with Crippen LogP contribution in [0.1, 0.15) is 71.6 Å². The van der Waals surface area contributed by atoms with E-state index in [0.29, 0.717) is 68.4 Å². The number of halogens is 1. The summed E-state index contributed by atoms with van der Waals surface area (Å²) in [6, 6.07) is 18.5. The molecule has 4 heterocycles. The number of primary amides is 1. The van der Waals surface area contributed by atoms with Crippen LogP contribution in [0.15, 0.2) is 84.9 Å². The zero-order valence-electron chi connectivity index (χ0n) is 47.3. The van der Waals surface area contributed by atoms with E-state index in [1.54, 1.807) is 44.0 Å². The number of rotatable bonds is 29. The van der Waals surface area contributed by atoms with E-state index in [1.165, 1.54) is 47.0 Å². The van der Waals surface area contributed by atoms with Gasteiger partial charge in [0, 0.05) is 53.9 Å². The first-order valence-electron chi connectivity index (χ1n) is 26.9. The van der Waals surface area contributed by atoms with Gasteiger partial charge < -0.3 is 61.1 Å². The van der Waals surface area contributed by atoms with Crippen molar-refractivity contribution in [1.82, 2.24) is 41.0 Å². The van der Waals surface area contributed by atoms with Crippen molar-refractivity contribution in [3.8, 4) is 17.6 Å². The Morgan fingerprint density at radius 1 is 0.905 bits per heavy atom. The Morgan fingerprint density at radius 3 is 2.35 bits per heavy atom. The Hall–Kier alpha value is -8.90. The number of carboxylic acid groups (broad SMARTS) is 1. The van der Waals surface area contributed by atoms with Crippen LogP contribution in [0.3, 0.4) is 0 Å². The summed E-state index contributed by atoms with van der Waals surface area (Å²) in [5.74, 6) is 2.33. The normalized spacial score (nSPS) is 12.8. The first-order chi connectivity index (χ1) is 40.1. The number of amides is 7. The lowest BCUT2D eigenvalue weighted by atomic mass is 10.0. The molecule has 3 aromatic carbocycles. The number of carboxylic acids is 1. The van der Waals surface area contributed by atoms with Crippen LogP contribution < -0.4 is 47.1 Å². The van der Waals surface area contributed by atoms with E-state index in [4.69, 9.17) is 15.2 Å². The third-order valence-electron chi connectivity index (χ3n) is 13.0. The number of aryl methyl sites for hydroxylation is 2. The number of urea groups is 1. The smallest absolute Gasteiger partial charge is 0.312 e. The number of nitrogens with one attached hydrogen (secondary N) is 5. The second-order valence-corrected chi connectivity index (χ2v) is 22.7. The lowest BCUT2D eigenvalue weighted by molar-refractivity contribution is -0.896. The minimum absolute atomic E-state index is 0.0259. The maximum absolute atomic E-state index is 15.3. The highest BCUT2D eigenvalue weighted by Crippen LogP contribution is 2.33. The molecule has 7 N–H and O–H groups in total. The highest BCUT2D eigenvalue weighted by atomic mass is 32.1. The van der Waals surface area contributed by atoms with E-state index in [1.807, 2.05) is 63.5 Å². The number of aromatic carboxylic acids is 1. The lowest BCUT2D eigenvalue weighted by Gasteiger charge is -2.27. The van der Waals surface area contributed by atoms with Crippen LogP contribution >= 0.6 is 22.7 Å². The van der Waals surface area contributed by atoms with Gasteiger partial charge in [-0.2, -0.15) is 0 Å². The average Bonchev–Trinajstić information content (AvgIpc) is 3.94. The summed E-state index contributed by atoms with van der Waals surface area (Å²) in [5, 5.41) is 35.9. The first-order valence-corrected chi connectivity index (χ1v) is 28.6. The van der Waals surface area contributed by atoms with Crippen molar-refractivity contribution in [1.29, 1.82) is 0 Å². The van der Waals surface area contributed by atoms with Crippen molar-refractivity contribution in [2.75, 3.05) is 76.1 Å². The van der Waals surface area contributed by atoms with E-state index >= 15 is 4.39 Å². The van der Waals surface area contributed by atoms with Crippen molar-refractivity contribution in [2.45, 2.75) is 71.5 Å². The Morgan fingerprint density at radius 2 is 1.65 bits per heavy atom. The number of imide groups is 1. The van der Waals surface area contributed by atoms with E-state index in [-0.39, 0.29) is 69.5 Å². The van der Waals surface area contributed by atoms with Gasteiger partial charge in [0.1, 0.15) is 30.9 Å². The van der Waals surface area contributed by atoms with Gasteiger partial charge in [-0.1, -0.05) is 55.4 Å². The standard InChI is InChI=1S/C58H66FN13O10S2/c1-35(2)50(65-47(73)25-30-81-31-27-71-48(74)23-24-49(71)75)54(77)63-42(14-9-26-61-56(60)80)53(76)62-39-20-17-38(18-21-39)34-72(5,6)28-10-12-37-19-22-43(40(59)33-37)82-29-11-16-45-51(55(78)79)66-58(84-45)70(4)46-32-36(3)52(69-68-46)67-57-64-41-13-7-8-15-44(41)83-57/h7-8,13,15,17-24,32-33,35,42,50H,9,11,14,16,25-31,34H2,1-6H3,(H7-,60,61,62,63,64,65,67,69,73,76,77,78,79,80)/t42-,50-/m0/s1. The number of anilines is 5. The summed E-state index contributed by atoms with van der Waals surface area (Å²) in [7, 11) is 5.70. The summed E-state index contributed by atoms with van der Waals surface area (Å²) in [6.07, 6.45) is 3.31. The van der Waals surface area contributed by atoms with Gasteiger partial charge in [-0.3, -0.25) is 28.9 Å². The van der Waals surface area contributed by atoms with Crippen molar-refractivity contribution < 1.29 is 57.0 Å². The quantitative estimate of drug-likeness (QED) is 0.0158. The summed E-state index contributed by atoms with van der Waals surface area (Å²) >= 11 is 2.68. The molecule has 3 aromatic heterocycles. The third kappa shape index (κ3) is 18.0. The molecule has 0 fully saturated rings. The average molecular weight is 1190 g/mol. The maximum Gasteiger partial charge on any atom is 0.312 e. The minimum Gasteiger partial charge on any atom is -0.543 e. The Balaban J connectivity index is 0.856. The number of carbonyl (C=O) groups is 7. The number of hydrogen-bond donors (Lipinski definition) is 6. The van der Waals surface area contributed by atoms with Crippen molar-refractivity contribution >= 4 is 102 Å². The molecule has 7 rings (SSSR count). The van der Waals surface area contributed by atoms with Crippen LogP contribution in [0, 0.1) is 30.5 Å². The van der Waals surface area contributed by atoms with Gasteiger partial charge in [0.2, 0.25) is 17.7 Å². The number of carbonyl (C=O) groups excluding carboxylic acids is 7. The van der Waals surface area contributed by atoms with Crippen molar-refractivity contribution in [2.24, 2.45) is 11.7 Å². The number of hydrogen-bond acceptors (Lipinski definition) is 18. The highest BCUT2D eigenvalue weighted by Gasteiger charge is 2.30. The molecule has 0 saturated heterocycles. The second kappa shape index (κ2) is 29.4. The second-order valence-electron chi connectivity index (χ2n) is 20.6. The molecule has 0 radical (unpaired) electrons. The number of aromatic nitrogens is 4. The first kappa shape index (κ1) is 62.7. The number of nitrogens with zero attached hydrogens (tertiary/aromatic N) is 7. The number of quaternary nitrogens is 1. The van der Waals surface area contributed by atoms with Gasteiger partial charge in [-0.15, -0.1) is 21.5 Å². The van der Waals surface area contributed by atoms with Gasteiger partial charge in [-0.05, 0) is 98.5 Å². The Labute approximate surface area is 492 Å². The fourth-order valence-electron chi connectivity index (χ4n) is 8.54. The molecule has 1 aliphatic heterocycles. The van der Waals surface area contributed by atoms with Crippen LogP contribution in [0.25, 0.3) is 10.2 Å². The Bertz CT molecular complexity index is 3420. The van der Waals surface area contributed by atoms with Crippen molar-refractivity contribution in [3.63, 3.8) is 0 Å². The topological polar surface area (TPSA) is 305 Å². The Kier molecular flexibility index (Phi) is 21.9. The van der Waals surface area contributed by atoms with Crippen LogP contribution in [-0.2, 0) is 41.7 Å². The number of benzene rings is 3. The van der Waals surface area contributed by atoms with Crippen LogP contribution in [0.5, 0.6) is 5.75 Å². The molecule has 84 heavy (non-hydrogen) atoms. The highest BCUT2D eigenvalue weighted by molar-refractivity contribution is 7.22. The van der Waals surface area contributed by atoms with Crippen LogP contribution in [0.2, 0.25) is 0 Å². The SMILES string of the molecule is Cc1cc(N(C)c2nc(C(=O)[O-])c(CCCOc3ccc(C#CC[N+](C)(C)Cc4ccc(NC(=O)[C@H](CCCNC(N)=O)NC(=O)[C@@H](NC(=O)CCOCCN5C(=O)C=CC5=O)C(C)C)cc4)cc3F)s2)nnc1Nc1nc2ccccc2s1. The van der Waals surface area contributed by atoms with E-state index < -0.39 is 59.4 Å². The number of fused-ring (bicyclic) bond motifs is 1. The molecule has 2 atom stereocenters. The summed E-state index contributed by atoms with van der Waals surface area (Å²) in [6.45, 7) is 6.61. The number of ether oxygens (including phenoxy) is 2. The molecule has 23 nitrogen and oxygen atoms in total. The molecule has 1 aliphatic rings. The molecular weight excluding hydrogens is 1120 g/mol. The van der Waals surface area contributed by atoms with Gasteiger partial charge in [-0.25, -0.2) is 19.2 Å². The van der Waals surface area contributed by atoms with E-state index in [0.717, 1.165) is 26.2 Å². The largest absolute Gasteiger partial charge is 0.543 e. The lowest BCUT2D eigenvalue weighted by Crippen LogP contribution is -2.54. The number of para-hydroxylation sites is 1. The molecule has 0 saturated carbocycles. The van der Waals surface area contributed by atoms with Crippen molar-refractivity contribution in [3.05, 3.63) is 118 Å². The predicted molar refractivity (Wildman–Crippen MR) is 314 cm³/mol. The fraction of sp³-hybridized carbons (Fsp3) is 0.362. The summed E-state index contributed by atoms with van der Waals surface area (Å²) < 4.78 is 28.0. The van der Waals surface area contributed by atoms with Gasteiger partial charge in [0.15, 0.2) is 33.5 Å².